The molecule has 0 rings (SSSR count). The molecule has 82 valence electrons. The van der Waals surface area contributed by atoms with E-state index in [9.17, 15) is 9.90 Å². The number of hydrogen-bond acceptors (Lipinski definition) is 2. The van der Waals surface area contributed by atoms with Gasteiger partial charge >= 0.3 is 5.97 Å². The van der Waals surface area contributed by atoms with E-state index in [2.05, 4.69) is 6.92 Å². The van der Waals surface area contributed by atoms with Gasteiger partial charge in [-0.05, 0) is 32.6 Å². The first-order chi connectivity index (χ1) is 6.48. The molecule has 0 amide bonds. The molecule has 0 heterocycles. The average Bonchev–Trinajstić information content (AvgIpc) is 2.10. The van der Waals surface area contributed by atoms with Gasteiger partial charge in [0.05, 0.1) is 5.60 Å². The van der Waals surface area contributed by atoms with Gasteiger partial charge in [-0.1, -0.05) is 19.1 Å². The zero-order valence-corrected chi connectivity index (χ0v) is 8.99. The molecule has 0 aromatic carbocycles. The summed E-state index contributed by atoms with van der Waals surface area (Å²) >= 11 is 0. The van der Waals surface area contributed by atoms with Gasteiger partial charge in [-0.3, -0.25) is 4.79 Å². The molecule has 0 saturated heterocycles. The summed E-state index contributed by atoms with van der Waals surface area (Å²) in [7, 11) is 0. The number of hydrogen-bond donors (Lipinski definition) is 2. The Hall–Kier alpha value is -0.830. The highest BCUT2D eigenvalue weighted by Crippen LogP contribution is 2.18. The van der Waals surface area contributed by atoms with Crippen molar-refractivity contribution >= 4 is 5.97 Å². The van der Waals surface area contributed by atoms with Gasteiger partial charge in [0.1, 0.15) is 0 Å². The van der Waals surface area contributed by atoms with Crippen molar-refractivity contribution < 1.29 is 15.0 Å². The summed E-state index contributed by atoms with van der Waals surface area (Å²) in [5, 5.41) is 18.2. The van der Waals surface area contributed by atoms with Crippen LogP contribution in [0.3, 0.4) is 0 Å². The Morgan fingerprint density at radius 2 is 2.00 bits per heavy atom. The third-order valence-corrected chi connectivity index (χ3v) is 2.13. The van der Waals surface area contributed by atoms with Gasteiger partial charge in [-0.15, -0.1) is 0 Å². The summed E-state index contributed by atoms with van der Waals surface area (Å²) in [6, 6.07) is 0. The predicted octanol–water partition coefficient (Wildman–Crippen LogP) is 2.35. The Morgan fingerprint density at radius 1 is 1.36 bits per heavy atom. The maximum absolute atomic E-state index is 10.3. The molecule has 3 heteroatoms. The second-order valence-electron chi connectivity index (χ2n) is 3.81. The predicted molar refractivity (Wildman–Crippen MR) is 56.2 cm³/mol. The van der Waals surface area contributed by atoms with Gasteiger partial charge < -0.3 is 10.2 Å². The number of carbonyl (C=O) groups is 1. The lowest BCUT2D eigenvalue weighted by Gasteiger charge is -2.21. The zero-order chi connectivity index (χ0) is 11.0. The third-order valence-electron chi connectivity index (χ3n) is 2.13. The minimum absolute atomic E-state index is 0.0322. The molecule has 0 aliphatic carbocycles. The highest BCUT2D eigenvalue weighted by Gasteiger charge is 2.20. The average molecular weight is 200 g/mol. The van der Waals surface area contributed by atoms with Crippen LogP contribution < -0.4 is 0 Å². The molecule has 0 fully saturated rings. The number of rotatable bonds is 7. The number of carboxylic acids is 1. The molecule has 0 saturated carbocycles. The summed E-state index contributed by atoms with van der Waals surface area (Å²) in [5.74, 6) is -0.852. The second-order valence-corrected chi connectivity index (χ2v) is 3.81. The van der Waals surface area contributed by atoms with Crippen LogP contribution in [-0.2, 0) is 4.79 Å². The van der Waals surface area contributed by atoms with Gasteiger partial charge in [0.25, 0.3) is 0 Å². The van der Waals surface area contributed by atoms with E-state index < -0.39 is 11.6 Å². The lowest BCUT2D eigenvalue weighted by Crippen LogP contribution is -2.24. The molecule has 1 atom stereocenters. The molecule has 0 bridgehead atoms. The number of carboxylic acid groups (broad SMARTS) is 1. The molecule has 0 aliphatic heterocycles. The molecule has 3 nitrogen and oxygen atoms in total. The smallest absolute Gasteiger partial charge is 0.303 e. The van der Waals surface area contributed by atoms with E-state index >= 15 is 0 Å². The van der Waals surface area contributed by atoms with Crippen molar-refractivity contribution in [3.63, 3.8) is 0 Å². The largest absolute Gasteiger partial charge is 0.481 e. The fraction of sp³-hybridized carbons (Fsp3) is 0.727. The summed E-state index contributed by atoms with van der Waals surface area (Å²) < 4.78 is 0. The first kappa shape index (κ1) is 13.2. The molecule has 0 aromatic rings. The van der Waals surface area contributed by atoms with E-state index in [1.807, 2.05) is 12.2 Å². The van der Waals surface area contributed by atoms with Gasteiger partial charge in [0.15, 0.2) is 0 Å². The molecule has 1 unspecified atom stereocenters. The fourth-order valence-electron chi connectivity index (χ4n) is 1.18. The van der Waals surface area contributed by atoms with E-state index in [1.54, 1.807) is 6.92 Å². The first-order valence-corrected chi connectivity index (χ1v) is 5.07. The molecular weight excluding hydrogens is 180 g/mol. The topological polar surface area (TPSA) is 57.5 Å². The van der Waals surface area contributed by atoms with Gasteiger partial charge in [-0.2, -0.15) is 0 Å². The number of aliphatic carboxylic acids is 1. The Balaban J connectivity index is 3.71. The summed E-state index contributed by atoms with van der Waals surface area (Å²) in [4.78, 5) is 10.3. The lowest BCUT2D eigenvalue weighted by molar-refractivity contribution is -0.138. The van der Waals surface area contributed by atoms with Crippen LogP contribution in [-0.4, -0.2) is 21.8 Å². The first-order valence-electron chi connectivity index (χ1n) is 5.07. The fourth-order valence-corrected chi connectivity index (χ4v) is 1.18. The Morgan fingerprint density at radius 3 is 2.50 bits per heavy atom. The zero-order valence-electron chi connectivity index (χ0n) is 8.99. The van der Waals surface area contributed by atoms with E-state index in [0.29, 0.717) is 12.8 Å². The highest BCUT2D eigenvalue weighted by atomic mass is 16.4. The Kier molecular flexibility index (Phi) is 6.21. The van der Waals surface area contributed by atoms with Crippen LogP contribution >= 0.6 is 0 Å². The second kappa shape index (κ2) is 6.60. The van der Waals surface area contributed by atoms with Crippen LogP contribution in [0.1, 0.15) is 46.0 Å². The van der Waals surface area contributed by atoms with Crippen LogP contribution in [0.5, 0.6) is 0 Å². The molecule has 2 N–H and O–H groups in total. The third kappa shape index (κ3) is 7.80. The summed E-state index contributed by atoms with van der Waals surface area (Å²) in [6.45, 7) is 3.74. The van der Waals surface area contributed by atoms with Crippen molar-refractivity contribution in [1.29, 1.82) is 0 Å². The van der Waals surface area contributed by atoms with Crippen LogP contribution in [0.15, 0.2) is 12.2 Å². The highest BCUT2D eigenvalue weighted by molar-refractivity contribution is 5.66. The molecule has 0 radical (unpaired) electrons. The quantitative estimate of drug-likeness (QED) is 0.620. The van der Waals surface area contributed by atoms with Crippen LogP contribution in [0.4, 0.5) is 0 Å². The summed E-state index contributed by atoms with van der Waals surface area (Å²) in [6.07, 6.45) is 6.85. The SMILES string of the molecule is CC/C=C\CCC(C)(O)CCC(=O)O. The molecular formula is C11H20O3. The molecule has 14 heavy (non-hydrogen) atoms. The standard InChI is InChI=1S/C11H20O3/c1-3-4-5-6-8-11(2,14)9-7-10(12)13/h4-5,14H,3,6-9H2,1-2H3,(H,12,13)/b5-4-. The van der Waals surface area contributed by atoms with Crippen molar-refractivity contribution in [2.75, 3.05) is 0 Å². The van der Waals surface area contributed by atoms with Crippen molar-refractivity contribution in [3.05, 3.63) is 12.2 Å². The van der Waals surface area contributed by atoms with Gasteiger partial charge in [0, 0.05) is 6.42 Å². The van der Waals surface area contributed by atoms with Gasteiger partial charge in [0.2, 0.25) is 0 Å². The summed E-state index contributed by atoms with van der Waals surface area (Å²) in [5.41, 5.74) is -0.851. The number of aliphatic hydroxyl groups is 1. The monoisotopic (exact) mass is 200 g/mol. The molecule has 0 aliphatic rings. The van der Waals surface area contributed by atoms with Crippen molar-refractivity contribution in [3.8, 4) is 0 Å². The van der Waals surface area contributed by atoms with E-state index in [0.717, 1.165) is 12.8 Å². The molecule has 0 aromatic heterocycles. The van der Waals surface area contributed by atoms with E-state index in [1.165, 1.54) is 0 Å². The van der Waals surface area contributed by atoms with Crippen molar-refractivity contribution in [2.24, 2.45) is 0 Å². The van der Waals surface area contributed by atoms with Crippen LogP contribution in [0.25, 0.3) is 0 Å². The molecule has 0 spiro atoms. The Bertz CT molecular complexity index is 195. The van der Waals surface area contributed by atoms with Crippen molar-refractivity contribution in [1.82, 2.24) is 0 Å². The van der Waals surface area contributed by atoms with E-state index in [4.69, 9.17) is 5.11 Å². The minimum atomic E-state index is -0.852. The van der Waals surface area contributed by atoms with Crippen LogP contribution in [0.2, 0.25) is 0 Å². The maximum atomic E-state index is 10.3. The number of allylic oxidation sites excluding steroid dienone is 2. The van der Waals surface area contributed by atoms with Crippen LogP contribution in [0, 0.1) is 0 Å². The lowest BCUT2D eigenvalue weighted by atomic mass is 9.94. The van der Waals surface area contributed by atoms with E-state index in [-0.39, 0.29) is 6.42 Å². The minimum Gasteiger partial charge on any atom is -0.481 e. The van der Waals surface area contributed by atoms with Gasteiger partial charge in [-0.25, -0.2) is 0 Å². The maximum Gasteiger partial charge on any atom is 0.303 e. The van der Waals surface area contributed by atoms with Crippen molar-refractivity contribution in [2.45, 2.75) is 51.6 Å². The normalized spacial score (nSPS) is 15.6. The Labute approximate surface area is 85.4 Å².